The summed E-state index contributed by atoms with van der Waals surface area (Å²) in [6.45, 7) is 0.00612. The Morgan fingerprint density at radius 1 is 0.431 bits per heavy atom. The van der Waals surface area contributed by atoms with Gasteiger partial charge in [-0.25, -0.2) is 0 Å². The van der Waals surface area contributed by atoms with Gasteiger partial charge in [-0.2, -0.15) is 0 Å². The molecule has 1 aromatic heterocycles. The second-order valence-electron chi connectivity index (χ2n) is 13.2. The summed E-state index contributed by atoms with van der Waals surface area (Å²) in [6.07, 6.45) is 0. The molecule has 9 aromatic rings. The van der Waals surface area contributed by atoms with Crippen LogP contribution in [-0.4, -0.2) is 6.71 Å². The Morgan fingerprint density at radius 2 is 1.12 bits per heavy atom. The van der Waals surface area contributed by atoms with Crippen molar-refractivity contribution in [3.8, 4) is 34.1 Å². The Labute approximate surface area is 294 Å². The highest BCUT2D eigenvalue weighted by molar-refractivity contribution is 6.99. The van der Waals surface area contributed by atoms with Crippen molar-refractivity contribution in [3.05, 3.63) is 170 Å². The van der Waals surface area contributed by atoms with E-state index in [1.807, 2.05) is 24.3 Å². The maximum atomic E-state index is 6.75. The second-order valence-corrected chi connectivity index (χ2v) is 13.2. The number of para-hydroxylation sites is 4. The van der Waals surface area contributed by atoms with Crippen molar-refractivity contribution in [3.63, 3.8) is 0 Å². The van der Waals surface area contributed by atoms with Gasteiger partial charge in [-0.3, -0.25) is 0 Å². The lowest BCUT2D eigenvalue weighted by Gasteiger charge is -2.34. The number of hydrogen-bond donors (Lipinski definition) is 0. The highest BCUT2D eigenvalue weighted by Crippen LogP contribution is 2.43. The summed E-state index contributed by atoms with van der Waals surface area (Å²) in [7, 11) is 0. The molecule has 2 aliphatic heterocycles. The molecule has 0 unspecified atom stereocenters. The largest absolute Gasteiger partial charge is 0.458 e. The lowest BCUT2D eigenvalue weighted by molar-refractivity contribution is 0.465. The molecule has 0 saturated heterocycles. The molecule has 0 spiro atoms. The van der Waals surface area contributed by atoms with Crippen LogP contribution < -0.4 is 30.8 Å². The molecule has 8 aromatic carbocycles. The molecule has 238 valence electrons. The fourth-order valence-corrected chi connectivity index (χ4v) is 8.10. The minimum atomic E-state index is 0.00612. The monoisotopic (exact) mass is 653 g/mol. The van der Waals surface area contributed by atoms with Gasteiger partial charge in [0.25, 0.3) is 6.71 Å². The third-order valence-corrected chi connectivity index (χ3v) is 10.4. The molecule has 11 rings (SSSR count). The smallest absolute Gasteiger partial charge is 0.261 e. The minimum absolute atomic E-state index is 0.00612. The highest BCUT2D eigenvalue weighted by Gasteiger charge is 2.41. The first-order valence-corrected chi connectivity index (χ1v) is 17.3. The minimum Gasteiger partial charge on any atom is -0.458 e. The van der Waals surface area contributed by atoms with E-state index in [0.717, 1.165) is 84.1 Å². The first kappa shape index (κ1) is 28.2. The van der Waals surface area contributed by atoms with Gasteiger partial charge in [0.1, 0.15) is 28.6 Å². The predicted octanol–water partition coefficient (Wildman–Crippen LogP) is 10.6. The van der Waals surface area contributed by atoms with Crippen molar-refractivity contribution in [2.45, 2.75) is 0 Å². The second kappa shape index (κ2) is 10.9. The van der Waals surface area contributed by atoms with Crippen molar-refractivity contribution in [1.29, 1.82) is 0 Å². The van der Waals surface area contributed by atoms with Crippen LogP contribution in [0.2, 0.25) is 0 Å². The van der Waals surface area contributed by atoms with E-state index in [0.29, 0.717) is 0 Å². The Hall–Kier alpha value is -6.72. The average Bonchev–Trinajstić information content (AvgIpc) is 3.58. The molecular formula is C46H28BNO3. The maximum absolute atomic E-state index is 6.75. The van der Waals surface area contributed by atoms with Crippen LogP contribution in [0.25, 0.3) is 43.8 Å². The molecule has 0 bridgehead atoms. The van der Waals surface area contributed by atoms with Crippen LogP contribution in [0, 0.1) is 0 Å². The third kappa shape index (κ3) is 4.28. The van der Waals surface area contributed by atoms with Gasteiger partial charge in [-0.05, 0) is 93.5 Å². The van der Waals surface area contributed by atoms with E-state index in [4.69, 9.17) is 13.9 Å². The van der Waals surface area contributed by atoms with Gasteiger partial charge in [0.05, 0.1) is 5.69 Å². The zero-order valence-electron chi connectivity index (χ0n) is 27.4. The van der Waals surface area contributed by atoms with Gasteiger partial charge < -0.3 is 18.8 Å². The maximum Gasteiger partial charge on any atom is 0.261 e. The van der Waals surface area contributed by atoms with Crippen molar-refractivity contribution in [1.82, 2.24) is 0 Å². The molecule has 5 heteroatoms. The molecule has 0 atom stereocenters. The van der Waals surface area contributed by atoms with Gasteiger partial charge in [0.2, 0.25) is 0 Å². The number of furan rings is 1. The van der Waals surface area contributed by atoms with E-state index in [1.54, 1.807) is 0 Å². The van der Waals surface area contributed by atoms with E-state index in [-0.39, 0.29) is 6.71 Å². The molecule has 51 heavy (non-hydrogen) atoms. The lowest BCUT2D eigenvalue weighted by Crippen LogP contribution is -2.57. The van der Waals surface area contributed by atoms with Crippen LogP contribution in [0.1, 0.15) is 0 Å². The van der Waals surface area contributed by atoms with Crippen LogP contribution in [0.3, 0.4) is 0 Å². The lowest BCUT2D eigenvalue weighted by atomic mass is 9.34. The molecule has 0 N–H and O–H groups in total. The molecule has 0 fully saturated rings. The van der Waals surface area contributed by atoms with Gasteiger partial charge in [-0.1, -0.05) is 109 Å². The fraction of sp³-hybridized carbons (Fsp3) is 0. The molecule has 0 radical (unpaired) electrons. The Bertz CT molecular complexity index is 2810. The molecular weight excluding hydrogens is 625 g/mol. The fourth-order valence-electron chi connectivity index (χ4n) is 8.10. The zero-order valence-corrected chi connectivity index (χ0v) is 27.4. The van der Waals surface area contributed by atoms with E-state index >= 15 is 0 Å². The van der Waals surface area contributed by atoms with Crippen LogP contribution in [0.4, 0.5) is 17.1 Å². The topological polar surface area (TPSA) is 34.8 Å². The number of anilines is 3. The molecule has 0 amide bonds. The SMILES string of the molecule is c1ccc(N(c2ccc(-c3cc4c5c(c3)Oc3ccc6ccccc6c3B5c3ccccc3O4)cc2)c2cccc3c2oc2ccccc23)cc1. The summed E-state index contributed by atoms with van der Waals surface area (Å²) in [5, 5.41) is 4.61. The van der Waals surface area contributed by atoms with Gasteiger partial charge in [0.15, 0.2) is 5.58 Å². The van der Waals surface area contributed by atoms with Gasteiger partial charge in [-0.15, -0.1) is 0 Å². The number of fused-ring (bicyclic) bond motifs is 9. The number of benzene rings is 8. The standard InChI is InChI=1S/C46H28BNO3/c1-2-12-32(13-3-1)48(38-18-10-16-36-35-15-6-8-19-39(35)51-46(36)38)33-24-21-29(22-25-33)31-27-42-45-43(28-31)50-41-26-23-30-11-4-5-14-34(30)44(41)47(45)37-17-7-9-20-40(37)49-42/h1-28H. The summed E-state index contributed by atoms with van der Waals surface area (Å²) >= 11 is 0. The van der Waals surface area contributed by atoms with Gasteiger partial charge >= 0.3 is 0 Å². The normalized spacial score (nSPS) is 12.6. The molecule has 0 aliphatic carbocycles. The third-order valence-electron chi connectivity index (χ3n) is 10.4. The predicted molar refractivity (Wildman–Crippen MR) is 209 cm³/mol. The molecule has 2 aliphatic rings. The average molecular weight is 654 g/mol. The van der Waals surface area contributed by atoms with E-state index in [2.05, 4.69) is 150 Å². The van der Waals surface area contributed by atoms with Crippen LogP contribution in [0.5, 0.6) is 23.0 Å². The Morgan fingerprint density at radius 3 is 1.98 bits per heavy atom. The van der Waals surface area contributed by atoms with Crippen LogP contribution in [0.15, 0.2) is 174 Å². The number of hydrogen-bond acceptors (Lipinski definition) is 4. The molecule has 0 saturated carbocycles. The van der Waals surface area contributed by atoms with Crippen LogP contribution in [-0.2, 0) is 0 Å². The summed E-state index contributed by atoms with van der Waals surface area (Å²) in [5.41, 5.74) is 10.3. The van der Waals surface area contributed by atoms with Gasteiger partial charge in [0, 0.05) is 27.6 Å². The van der Waals surface area contributed by atoms with Crippen molar-refractivity contribution in [2.24, 2.45) is 0 Å². The number of ether oxygens (including phenoxy) is 2. The van der Waals surface area contributed by atoms with Crippen molar-refractivity contribution < 1.29 is 13.9 Å². The number of nitrogens with zero attached hydrogens (tertiary/aromatic N) is 1. The summed E-state index contributed by atoms with van der Waals surface area (Å²) in [4.78, 5) is 2.26. The summed E-state index contributed by atoms with van der Waals surface area (Å²) in [6, 6.07) is 59.3. The zero-order chi connectivity index (χ0) is 33.5. The first-order valence-electron chi connectivity index (χ1n) is 17.3. The number of rotatable bonds is 4. The van der Waals surface area contributed by atoms with E-state index < -0.39 is 0 Å². The van der Waals surface area contributed by atoms with Crippen LogP contribution >= 0.6 is 0 Å². The quantitative estimate of drug-likeness (QED) is 0.177. The van der Waals surface area contributed by atoms with E-state index in [1.165, 1.54) is 16.2 Å². The Balaban J connectivity index is 1.04. The van der Waals surface area contributed by atoms with Crippen molar-refractivity contribution >= 4 is 72.9 Å². The van der Waals surface area contributed by atoms with Crippen molar-refractivity contribution in [2.75, 3.05) is 4.90 Å². The highest BCUT2D eigenvalue weighted by atomic mass is 16.5. The Kier molecular flexibility index (Phi) is 6.01. The summed E-state index contributed by atoms with van der Waals surface area (Å²) in [5.74, 6) is 3.43. The first-order chi connectivity index (χ1) is 25.3. The van der Waals surface area contributed by atoms with E-state index in [9.17, 15) is 0 Å². The summed E-state index contributed by atoms with van der Waals surface area (Å²) < 4.78 is 19.9. The molecule has 4 nitrogen and oxygen atoms in total. The molecule has 3 heterocycles.